The van der Waals surface area contributed by atoms with E-state index in [-0.39, 0.29) is 0 Å². The fourth-order valence-corrected chi connectivity index (χ4v) is 2.07. The first-order valence-electron chi connectivity index (χ1n) is 6.75. The van der Waals surface area contributed by atoms with Gasteiger partial charge in [0, 0.05) is 13.1 Å². The molecule has 2 aromatic heterocycles. The van der Waals surface area contributed by atoms with Crippen LogP contribution in [-0.2, 0) is 13.6 Å². The Labute approximate surface area is 129 Å². The number of hydrogen-bond donors (Lipinski definition) is 1. The zero-order chi connectivity index (χ0) is 16.4. The van der Waals surface area contributed by atoms with Crippen molar-refractivity contribution in [1.82, 2.24) is 24.8 Å². The van der Waals surface area contributed by atoms with Gasteiger partial charge >= 0.3 is 0 Å². The fraction of sp³-hybridized carbons (Fsp3) is 0.214. The normalized spacial score (nSPS) is 11.2. The molecule has 0 bridgehead atoms. The minimum absolute atomic E-state index is 0.320. The Balaban J connectivity index is 1.76. The van der Waals surface area contributed by atoms with Crippen LogP contribution in [0.1, 0.15) is 17.7 Å². The monoisotopic (exact) mass is 322 g/mol. The van der Waals surface area contributed by atoms with E-state index in [1.165, 1.54) is 10.7 Å². The third kappa shape index (κ3) is 3.17. The zero-order valence-electron chi connectivity index (χ0n) is 12.1. The first-order chi connectivity index (χ1) is 11.0. The first kappa shape index (κ1) is 15.1. The van der Waals surface area contributed by atoms with Gasteiger partial charge in [0.15, 0.2) is 0 Å². The summed E-state index contributed by atoms with van der Waals surface area (Å²) in [5.74, 6) is -0.136. The van der Waals surface area contributed by atoms with E-state index in [0.717, 1.165) is 18.0 Å². The van der Waals surface area contributed by atoms with Gasteiger partial charge in [-0.1, -0.05) is 5.21 Å². The lowest BCUT2D eigenvalue weighted by Crippen LogP contribution is -2.04. The Hall–Kier alpha value is -2.84. The van der Waals surface area contributed by atoms with Gasteiger partial charge in [0.1, 0.15) is 17.3 Å². The van der Waals surface area contributed by atoms with Crippen LogP contribution in [-0.4, -0.2) is 24.8 Å². The molecule has 1 aromatic carbocycles. The standard InChI is InChI=1S/C14H13F3N6/c1-22-13(4-5-19-22)18-7-9-8-23(21-20-9)10-2-3-12(15)11(6-10)14(16)17/h2-6,8,14,18H,7H2,1H3. The van der Waals surface area contributed by atoms with Crippen molar-refractivity contribution in [2.75, 3.05) is 5.32 Å². The van der Waals surface area contributed by atoms with Crippen LogP contribution in [0, 0.1) is 5.82 Å². The van der Waals surface area contributed by atoms with Gasteiger partial charge in [0.05, 0.1) is 30.2 Å². The second-order valence-corrected chi connectivity index (χ2v) is 4.85. The molecule has 0 unspecified atom stereocenters. The molecule has 120 valence electrons. The Bertz CT molecular complexity index is 810. The molecule has 3 aromatic rings. The molecule has 0 aliphatic carbocycles. The van der Waals surface area contributed by atoms with Crippen molar-refractivity contribution in [3.63, 3.8) is 0 Å². The average Bonchev–Trinajstić information content (AvgIpc) is 3.14. The number of anilines is 1. The van der Waals surface area contributed by atoms with Crippen LogP contribution < -0.4 is 5.32 Å². The summed E-state index contributed by atoms with van der Waals surface area (Å²) in [4.78, 5) is 0. The molecule has 1 N–H and O–H groups in total. The van der Waals surface area contributed by atoms with Crippen LogP contribution >= 0.6 is 0 Å². The molecule has 0 saturated carbocycles. The summed E-state index contributed by atoms with van der Waals surface area (Å²) in [6.45, 7) is 0.391. The number of nitrogens with zero attached hydrogens (tertiary/aromatic N) is 5. The molecule has 6 nitrogen and oxygen atoms in total. The lowest BCUT2D eigenvalue weighted by molar-refractivity contribution is 0.146. The summed E-state index contributed by atoms with van der Waals surface area (Å²) >= 11 is 0. The summed E-state index contributed by atoms with van der Waals surface area (Å²) in [5.41, 5.74) is 0.266. The predicted molar refractivity (Wildman–Crippen MR) is 76.8 cm³/mol. The van der Waals surface area contributed by atoms with E-state index in [9.17, 15) is 13.2 Å². The van der Waals surface area contributed by atoms with Crippen LogP contribution in [0.2, 0.25) is 0 Å². The highest BCUT2D eigenvalue weighted by atomic mass is 19.3. The number of halogens is 3. The van der Waals surface area contributed by atoms with E-state index in [4.69, 9.17) is 0 Å². The first-order valence-corrected chi connectivity index (χ1v) is 6.75. The quantitative estimate of drug-likeness (QED) is 0.784. The Morgan fingerprint density at radius 2 is 2.09 bits per heavy atom. The van der Waals surface area contributed by atoms with Gasteiger partial charge in [-0.15, -0.1) is 5.10 Å². The van der Waals surface area contributed by atoms with E-state index in [0.29, 0.717) is 17.9 Å². The Kier molecular flexibility index (Phi) is 4.00. The molecule has 0 aliphatic rings. The van der Waals surface area contributed by atoms with Crippen molar-refractivity contribution in [2.45, 2.75) is 13.0 Å². The lowest BCUT2D eigenvalue weighted by atomic mass is 10.2. The molecule has 3 rings (SSSR count). The van der Waals surface area contributed by atoms with E-state index in [1.807, 2.05) is 0 Å². The van der Waals surface area contributed by atoms with Gasteiger partial charge in [0.25, 0.3) is 6.43 Å². The third-order valence-corrected chi connectivity index (χ3v) is 3.29. The van der Waals surface area contributed by atoms with E-state index >= 15 is 0 Å². The summed E-state index contributed by atoms with van der Waals surface area (Å²) in [6.07, 6.45) is 0.361. The molecule has 9 heteroatoms. The maximum atomic E-state index is 13.3. The second-order valence-electron chi connectivity index (χ2n) is 4.85. The number of nitrogens with one attached hydrogen (secondary N) is 1. The topological polar surface area (TPSA) is 60.6 Å². The SMILES string of the molecule is Cn1nccc1NCc1cn(-c2ccc(F)c(C(F)F)c2)nn1. The second kappa shape index (κ2) is 6.11. The maximum Gasteiger partial charge on any atom is 0.266 e. The number of aryl methyl sites for hydroxylation is 1. The molecule has 0 amide bonds. The van der Waals surface area contributed by atoms with Crippen molar-refractivity contribution in [3.8, 4) is 5.69 Å². The highest BCUT2D eigenvalue weighted by molar-refractivity contribution is 5.37. The Morgan fingerprint density at radius 3 is 2.78 bits per heavy atom. The van der Waals surface area contributed by atoms with Crippen molar-refractivity contribution in [1.29, 1.82) is 0 Å². The Morgan fingerprint density at radius 1 is 1.26 bits per heavy atom. The molecular weight excluding hydrogens is 309 g/mol. The summed E-state index contributed by atoms with van der Waals surface area (Å²) in [6, 6.07) is 5.23. The van der Waals surface area contributed by atoms with Crippen LogP contribution in [0.15, 0.2) is 36.7 Å². The van der Waals surface area contributed by atoms with Crippen molar-refractivity contribution in [2.24, 2.45) is 7.05 Å². The van der Waals surface area contributed by atoms with Gasteiger partial charge in [-0.3, -0.25) is 4.68 Å². The largest absolute Gasteiger partial charge is 0.365 e. The van der Waals surface area contributed by atoms with Crippen LogP contribution in [0.3, 0.4) is 0 Å². The number of aromatic nitrogens is 5. The smallest absolute Gasteiger partial charge is 0.266 e. The van der Waals surface area contributed by atoms with E-state index in [2.05, 4.69) is 20.7 Å². The van der Waals surface area contributed by atoms with Gasteiger partial charge in [-0.2, -0.15) is 5.10 Å². The van der Waals surface area contributed by atoms with Crippen molar-refractivity contribution >= 4 is 5.82 Å². The number of alkyl halides is 2. The molecule has 0 radical (unpaired) electrons. The maximum absolute atomic E-state index is 13.3. The zero-order valence-corrected chi connectivity index (χ0v) is 12.1. The highest BCUT2D eigenvalue weighted by Crippen LogP contribution is 2.24. The van der Waals surface area contributed by atoms with E-state index in [1.54, 1.807) is 30.2 Å². The van der Waals surface area contributed by atoms with Crippen LogP contribution in [0.5, 0.6) is 0 Å². The molecule has 0 atom stereocenters. The summed E-state index contributed by atoms with van der Waals surface area (Å²) < 4.78 is 41.8. The molecular formula is C14H13F3N6. The minimum atomic E-state index is -2.88. The minimum Gasteiger partial charge on any atom is -0.365 e. The molecule has 23 heavy (non-hydrogen) atoms. The molecule has 2 heterocycles. The van der Waals surface area contributed by atoms with Gasteiger partial charge < -0.3 is 5.32 Å². The molecule has 0 spiro atoms. The van der Waals surface area contributed by atoms with Crippen molar-refractivity contribution in [3.05, 3.63) is 53.7 Å². The number of rotatable bonds is 5. The van der Waals surface area contributed by atoms with E-state index < -0.39 is 17.8 Å². The van der Waals surface area contributed by atoms with Gasteiger partial charge in [-0.25, -0.2) is 17.9 Å². The lowest BCUT2D eigenvalue weighted by Gasteiger charge is -2.05. The predicted octanol–water partition coefficient (Wildman–Crippen LogP) is 2.69. The molecule has 0 fully saturated rings. The average molecular weight is 322 g/mol. The van der Waals surface area contributed by atoms with Crippen molar-refractivity contribution < 1.29 is 13.2 Å². The van der Waals surface area contributed by atoms with Gasteiger partial charge in [0.2, 0.25) is 0 Å². The number of benzene rings is 1. The van der Waals surface area contributed by atoms with Crippen LogP contribution in [0.25, 0.3) is 5.69 Å². The third-order valence-electron chi connectivity index (χ3n) is 3.29. The molecule has 0 aliphatic heterocycles. The van der Waals surface area contributed by atoms with Gasteiger partial charge in [-0.05, 0) is 18.2 Å². The molecule has 0 saturated heterocycles. The highest BCUT2D eigenvalue weighted by Gasteiger charge is 2.15. The fourth-order valence-electron chi connectivity index (χ4n) is 2.07. The summed E-state index contributed by atoms with van der Waals surface area (Å²) in [7, 11) is 1.80. The summed E-state index contributed by atoms with van der Waals surface area (Å²) in [5, 5.41) is 15.0. The number of hydrogen-bond acceptors (Lipinski definition) is 4. The van der Waals surface area contributed by atoms with Crippen LogP contribution in [0.4, 0.5) is 19.0 Å².